The van der Waals surface area contributed by atoms with Crippen molar-refractivity contribution in [1.29, 1.82) is 0 Å². The van der Waals surface area contributed by atoms with E-state index in [2.05, 4.69) is 56.3 Å². The normalized spacial score (nSPS) is 31.5. The van der Waals surface area contributed by atoms with Gasteiger partial charge in [-0.3, -0.25) is 0 Å². The summed E-state index contributed by atoms with van der Waals surface area (Å²) < 4.78 is 0. The average molecular weight is 253 g/mol. The lowest BCUT2D eigenvalue weighted by Crippen LogP contribution is -2.43. The van der Waals surface area contributed by atoms with Crippen molar-refractivity contribution >= 4 is 10.8 Å². The molecule has 1 nitrogen and oxygen atoms in total. The third-order valence-electron chi connectivity index (χ3n) is 5.03. The maximum atomic E-state index is 6.72. The lowest BCUT2D eigenvalue weighted by molar-refractivity contribution is 0.177. The zero-order valence-electron chi connectivity index (χ0n) is 11.9. The fourth-order valence-corrected chi connectivity index (χ4v) is 3.41. The van der Waals surface area contributed by atoms with Gasteiger partial charge in [-0.25, -0.2) is 0 Å². The Bertz CT molecular complexity index is 589. The summed E-state index contributed by atoms with van der Waals surface area (Å²) in [5.74, 6) is 1.52. The van der Waals surface area contributed by atoms with Gasteiger partial charge in [0, 0.05) is 5.54 Å². The predicted octanol–water partition coefficient (Wildman–Crippen LogP) is 4.45. The minimum Gasteiger partial charge on any atom is -0.321 e. The van der Waals surface area contributed by atoms with Crippen LogP contribution in [0.4, 0.5) is 0 Å². The number of hydrogen-bond acceptors (Lipinski definition) is 1. The molecule has 0 amide bonds. The number of nitrogens with two attached hydrogens (primary N) is 1. The van der Waals surface area contributed by atoms with Gasteiger partial charge in [-0.2, -0.15) is 0 Å². The van der Waals surface area contributed by atoms with Crippen LogP contribution in [-0.4, -0.2) is 0 Å². The quantitative estimate of drug-likeness (QED) is 0.798. The van der Waals surface area contributed by atoms with Crippen molar-refractivity contribution in [3.8, 4) is 0 Å². The number of hydrogen-bond donors (Lipinski definition) is 1. The summed E-state index contributed by atoms with van der Waals surface area (Å²) in [6.45, 7) is 4.69. The summed E-state index contributed by atoms with van der Waals surface area (Å²) in [4.78, 5) is 0. The highest BCUT2D eigenvalue weighted by Crippen LogP contribution is 2.41. The lowest BCUT2D eigenvalue weighted by atomic mass is 9.69. The van der Waals surface area contributed by atoms with Gasteiger partial charge in [0.2, 0.25) is 0 Å². The Morgan fingerprint density at radius 2 is 1.74 bits per heavy atom. The Labute approximate surface area is 115 Å². The van der Waals surface area contributed by atoms with Gasteiger partial charge in [0.1, 0.15) is 0 Å². The monoisotopic (exact) mass is 253 g/mol. The number of rotatable bonds is 1. The molecule has 3 unspecified atom stereocenters. The van der Waals surface area contributed by atoms with Gasteiger partial charge in [0.05, 0.1) is 0 Å². The van der Waals surface area contributed by atoms with E-state index in [0.717, 1.165) is 18.8 Å². The Morgan fingerprint density at radius 1 is 1.00 bits per heavy atom. The van der Waals surface area contributed by atoms with E-state index in [1.54, 1.807) is 0 Å². The van der Waals surface area contributed by atoms with Crippen LogP contribution < -0.4 is 5.73 Å². The Kier molecular flexibility index (Phi) is 3.10. The second-order valence-corrected chi connectivity index (χ2v) is 6.42. The lowest BCUT2D eigenvalue weighted by Gasteiger charge is -2.40. The molecule has 19 heavy (non-hydrogen) atoms. The van der Waals surface area contributed by atoms with Crippen molar-refractivity contribution in [2.24, 2.45) is 17.6 Å². The molecule has 1 aliphatic rings. The summed E-state index contributed by atoms with van der Waals surface area (Å²) in [6, 6.07) is 15.3. The van der Waals surface area contributed by atoms with Crippen LogP contribution in [0, 0.1) is 11.8 Å². The number of benzene rings is 2. The fraction of sp³-hybridized carbons (Fsp3) is 0.444. The van der Waals surface area contributed by atoms with Crippen molar-refractivity contribution in [2.45, 2.75) is 38.6 Å². The largest absolute Gasteiger partial charge is 0.321 e. The van der Waals surface area contributed by atoms with Crippen LogP contribution >= 0.6 is 0 Å². The maximum Gasteiger partial charge on any atom is 0.0412 e. The first-order chi connectivity index (χ1) is 9.08. The van der Waals surface area contributed by atoms with Gasteiger partial charge in [-0.05, 0) is 53.5 Å². The molecule has 0 heterocycles. The van der Waals surface area contributed by atoms with Gasteiger partial charge >= 0.3 is 0 Å². The first-order valence-electron chi connectivity index (χ1n) is 7.37. The van der Waals surface area contributed by atoms with Crippen LogP contribution in [0.25, 0.3) is 10.8 Å². The molecule has 1 aliphatic carbocycles. The molecule has 1 saturated carbocycles. The second kappa shape index (κ2) is 4.64. The van der Waals surface area contributed by atoms with Gasteiger partial charge in [-0.1, -0.05) is 50.2 Å². The highest BCUT2D eigenvalue weighted by atomic mass is 14.8. The van der Waals surface area contributed by atoms with Crippen molar-refractivity contribution < 1.29 is 0 Å². The summed E-state index contributed by atoms with van der Waals surface area (Å²) in [7, 11) is 0. The van der Waals surface area contributed by atoms with Gasteiger partial charge in [0.25, 0.3) is 0 Å². The third-order valence-corrected chi connectivity index (χ3v) is 5.03. The van der Waals surface area contributed by atoms with Gasteiger partial charge < -0.3 is 5.73 Å². The van der Waals surface area contributed by atoms with E-state index < -0.39 is 0 Å². The van der Waals surface area contributed by atoms with E-state index in [4.69, 9.17) is 5.73 Å². The Morgan fingerprint density at radius 3 is 2.47 bits per heavy atom. The molecule has 1 heteroatoms. The molecule has 0 bridgehead atoms. The summed E-state index contributed by atoms with van der Waals surface area (Å²) >= 11 is 0. The zero-order chi connectivity index (χ0) is 13.5. The van der Waals surface area contributed by atoms with Crippen LogP contribution in [0.3, 0.4) is 0 Å². The molecule has 0 saturated heterocycles. The van der Waals surface area contributed by atoms with Gasteiger partial charge in [-0.15, -0.1) is 0 Å². The molecule has 2 aromatic rings. The molecular formula is C18H23N. The molecule has 0 aromatic heterocycles. The van der Waals surface area contributed by atoms with E-state index in [-0.39, 0.29) is 5.54 Å². The van der Waals surface area contributed by atoms with Crippen LogP contribution in [0.1, 0.15) is 38.7 Å². The first kappa shape index (κ1) is 12.7. The molecule has 3 rings (SSSR count). The zero-order valence-corrected chi connectivity index (χ0v) is 11.9. The van der Waals surface area contributed by atoms with Crippen LogP contribution in [0.5, 0.6) is 0 Å². The van der Waals surface area contributed by atoms with E-state index in [9.17, 15) is 0 Å². The van der Waals surface area contributed by atoms with Crippen LogP contribution in [0.15, 0.2) is 42.5 Å². The van der Waals surface area contributed by atoms with E-state index in [1.807, 2.05) is 0 Å². The van der Waals surface area contributed by atoms with Crippen molar-refractivity contribution in [2.75, 3.05) is 0 Å². The predicted molar refractivity (Wildman–Crippen MR) is 82.0 cm³/mol. The minimum atomic E-state index is -0.129. The molecule has 0 radical (unpaired) electrons. The molecule has 0 aliphatic heterocycles. The van der Waals surface area contributed by atoms with Crippen molar-refractivity contribution in [3.05, 3.63) is 48.0 Å². The first-order valence-corrected chi connectivity index (χ1v) is 7.37. The van der Waals surface area contributed by atoms with E-state index in [1.165, 1.54) is 22.8 Å². The molecule has 100 valence electrons. The topological polar surface area (TPSA) is 26.0 Å². The van der Waals surface area contributed by atoms with Gasteiger partial charge in [0.15, 0.2) is 0 Å². The molecule has 3 atom stereocenters. The average Bonchev–Trinajstić information content (AvgIpc) is 2.43. The smallest absolute Gasteiger partial charge is 0.0412 e. The van der Waals surface area contributed by atoms with Crippen LogP contribution in [-0.2, 0) is 5.54 Å². The van der Waals surface area contributed by atoms with Crippen LogP contribution in [0.2, 0.25) is 0 Å². The SMILES string of the molecule is CC1CCC(N)(c2ccc3ccccc3c2)CC1C. The van der Waals surface area contributed by atoms with E-state index >= 15 is 0 Å². The highest BCUT2D eigenvalue weighted by Gasteiger charge is 2.35. The highest BCUT2D eigenvalue weighted by molar-refractivity contribution is 5.83. The Balaban J connectivity index is 1.99. The second-order valence-electron chi connectivity index (χ2n) is 6.42. The molecular weight excluding hydrogens is 230 g/mol. The Hall–Kier alpha value is -1.34. The standard InChI is InChI=1S/C18H23N/c1-13-9-10-18(19,12-14(13)2)17-8-7-15-5-3-4-6-16(15)11-17/h3-8,11,13-14H,9-10,12,19H2,1-2H3. The summed E-state index contributed by atoms with van der Waals surface area (Å²) in [5, 5.41) is 2.60. The third kappa shape index (κ3) is 2.28. The fourth-order valence-electron chi connectivity index (χ4n) is 3.41. The van der Waals surface area contributed by atoms with Crippen molar-refractivity contribution in [3.63, 3.8) is 0 Å². The molecule has 0 spiro atoms. The summed E-state index contributed by atoms with van der Waals surface area (Å²) in [5.41, 5.74) is 7.91. The molecule has 2 aromatic carbocycles. The minimum absolute atomic E-state index is 0.129. The van der Waals surface area contributed by atoms with E-state index in [0.29, 0.717) is 5.92 Å². The maximum absolute atomic E-state index is 6.72. The number of fused-ring (bicyclic) bond motifs is 1. The molecule has 1 fully saturated rings. The van der Waals surface area contributed by atoms with Crippen molar-refractivity contribution in [1.82, 2.24) is 0 Å². The summed E-state index contributed by atoms with van der Waals surface area (Å²) in [6.07, 6.45) is 3.45. The molecule has 2 N–H and O–H groups in total.